The van der Waals surface area contributed by atoms with E-state index in [0.29, 0.717) is 21.2 Å². The molecular weight excluding hydrogens is 422 g/mol. The van der Waals surface area contributed by atoms with Crippen LogP contribution < -0.4 is 5.32 Å². The molecule has 1 aliphatic heterocycles. The Kier molecular flexibility index (Phi) is 8.99. The number of hydrogen-bond acceptors (Lipinski definition) is 3. The van der Waals surface area contributed by atoms with Crippen molar-refractivity contribution in [2.45, 2.75) is 31.7 Å². The lowest BCUT2D eigenvalue weighted by molar-refractivity contribution is 0.123. The van der Waals surface area contributed by atoms with Crippen molar-refractivity contribution < 1.29 is 5.11 Å². The summed E-state index contributed by atoms with van der Waals surface area (Å²) < 4.78 is 0.697. The average molecular weight is 447 g/mol. The highest BCUT2D eigenvalue weighted by Crippen LogP contribution is 2.45. The van der Waals surface area contributed by atoms with Crippen molar-refractivity contribution in [2.24, 2.45) is 5.92 Å². The maximum atomic E-state index is 10.5. The summed E-state index contributed by atoms with van der Waals surface area (Å²) in [5.74, 6) is 0.981. The van der Waals surface area contributed by atoms with Gasteiger partial charge in [-0.25, -0.2) is 0 Å². The first-order valence-electron chi connectivity index (χ1n) is 7.79. The SMILES string of the molecule is Cl.Cl.Oc1c(Br)cc(Cl)cc1[C@H](C1CCCC1)N1CCNCC1. The van der Waals surface area contributed by atoms with Gasteiger partial charge in [0.15, 0.2) is 0 Å². The molecule has 1 saturated carbocycles. The fourth-order valence-electron chi connectivity index (χ4n) is 3.79. The van der Waals surface area contributed by atoms with Gasteiger partial charge in [0.2, 0.25) is 0 Å². The summed E-state index contributed by atoms with van der Waals surface area (Å²) in [6, 6.07) is 4.00. The quantitative estimate of drug-likeness (QED) is 0.701. The van der Waals surface area contributed by atoms with Crippen LogP contribution in [0.2, 0.25) is 5.02 Å². The molecule has 1 heterocycles. The smallest absolute Gasteiger partial charge is 0.134 e. The molecule has 1 aromatic rings. The molecule has 1 atom stereocenters. The molecule has 2 fully saturated rings. The molecular formula is C16H24BrCl3N2O. The van der Waals surface area contributed by atoms with Crippen molar-refractivity contribution >= 4 is 52.3 Å². The number of nitrogens with zero attached hydrogens (tertiary/aromatic N) is 1. The molecule has 2 aliphatic rings. The second-order valence-electron chi connectivity index (χ2n) is 6.10. The van der Waals surface area contributed by atoms with Crippen molar-refractivity contribution in [3.8, 4) is 5.75 Å². The second-order valence-corrected chi connectivity index (χ2v) is 7.39. The molecule has 1 aliphatic carbocycles. The average Bonchev–Trinajstić information content (AvgIpc) is 2.99. The van der Waals surface area contributed by atoms with Crippen LogP contribution in [0.3, 0.4) is 0 Å². The van der Waals surface area contributed by atoms with Gasteiger partial charge in [0.1, 0.15) is 5.75 Å². The number of phenolic OH excluding ortho intramolecular Hbond substituents is 1. The number of halogens is 4. The molecule has 1 saturated heterocycles. The minimum absolute atomic E-state index is 0. The summed E-state index contributed by atoms with van der Waals surface area (Å²) in [6.07, 6.45) is 5.10. The predicted molar refractivity (Wildman–Crippen MR) is 104 cm³/mol. The Balaban J connectivity index is 0.00000132. The van der Waals surface area contributed by atoms with Crippen LogP contribution in [-0.4, -0.2) is 36.2 Å². The summed E-state index contributed by atoms with van der Waals surface area (Å²) in [4.78, 5) is 2.52. The monoisotopic (exact) mass is 444 g/mol. The van der Waals surface area contributed by atoms with Gasteiger partial charge in [0.05, 0.1) is 4.47 Å². The van der Waals surface area contributed by atoms with Crippen LogP contribution in [0.1, 0.15) is 37.3 Å². The summed E-state index contributed by atoms with van der Waals surface area (Å²) in [5, 5.41) is 14.6. The zero-order valence-electron chi connectivity index (χ0n) is 12.9. The Hall–Kier alpha value is 0.290. The third kappa shape index (κ3) is 4.90. The molecule has 0 amide bonds. The fraction of sp³-hybridized carbons (Fsp3) is 0.625. The summed E-state index contributed by atoms with van der Waals surface area (Å²) >= 11 is 9.67. The maximum absolute atomic E-state index is 10.5. The lowest BCUT2D eigenvalue weighted by Crippen LogP contribution is -2.46. The molecule has 2 N–H and O–H groups in total. The van der Waals surface area contributed by atoms with Crippen LogP contribution in [0.25, 0.3) is 0 Å². The molecule has 0 spiro atoms. The molecule has 23 heavy (non-hydrogen) atoms. The molecule has 7 heteroatoms. The molecule has 0 bridgehead atoms. The Labute approximate surface area is 164 Å². The number of hydrogen-bond donors (Lipinski definition) is 2. The van der Waals surface area contributed by atoms with E-state index < -0.39 is 0 Å². The lowest BCUT2D eigenvalue weighted by atomic mass is 9.89. The van der Waals surface area contributed by atoms with E-state index in [2.05, 4.69) is 26.1 Å². The van der Waals surface area contributed by atoms with Crippen LogP contribution in [0.5, 0.6) is 5.75 Å². The van der Waals surface area contributed by atoms with Gasteiger partial charge in [0, 0.05) is 42.8 Å². The lowest BCUT2D eigenvalue weighted by Gasteiger charge is -2.39. The Morgan fingerprint density at radius 2 is 1.78 bits per heavy atom. The van der Waals surface area contributed by atoms with Crippen molar-refractivity contribution in [3.05, 3.63) is 27.2 Å². The molecule has 3 nitrogen and oxygen atoms in total. The van der Waals surface area contributed by atoms with Gasteiger partial charge in [-0.3, -0.25) is 4.90 Å². The van der Waals surface area contributed by atoms with Gasteiger partial charge in [-0.05, 0) is 46.8 Å². The number of rotatable bonds is 3. The highest BCUT2D eigenvalue weighted by Gasteiger charge is 2.34. The van der Waals surface area contributed by atoms with E-state index in [1.807, 2.05) is 6.07 Å². The first-order chi connectivity index (χ1) is 10.2. The minimum atomic E-state index is 0. The van der Waals surface area contributed by atoms with E-state index >= 15 is 0 Å². The van der Waals surface area contributed by atoms with Gasteiger partial charge < -0.3 is 10.4 Å². The zero-order chi connectivity index (χ0) is 14.8. The van der Waals surface area contributed by atoms with Crippen LogP contribution in [0.4, 0.5) is 0 Å². The number of benzene rings is 1. The van der Waals surface area contributed by atoms with Crippen molar-refractivity contribution in [1.29, 1.82) is 0 Å². The minimum Gasteiger partial charge on any atom is -0.506 e. The van der Waals surface area contributed by atoms with Crippen LogP contribution in [-0.2, 0) is 0 Å². The van der Waals surface area contributed by atoms with Gasteiger partial charge in [-0.15, -0.1) is 24.8 Å². The number of phenols is 1. The van der Waals surface area contributed by atoms with Crippen molar-refractivity contribution in [2.75, 3.05) is 26.2 Å². The van der Waals surface area contributed by atoms with Gasteiger partial charge in [-0.2, -0.15) is 0 Å². The molecule has 132 valence electrons. The van der Waals surface area contributed by atoms with E-state index in [1.54, 1.807) is 6.07 Å². The normalized spacial score (nSPS) is 20.6. The maximum Gasteiger partial charge on any atom is 0.134 e. The topological polar surface area (TPSA) is 35.5 Å². The number of piperazine rings is 1. The van der Waals surface area contributed by atoms with Crippen LogP contribution in [0.15, 0.2) is 16.6 Å². The molecule has 0 aromatic heterocycles. The Bertz CT molecular complexity index is 506. The van der Waals surface area contributed by atoms with E-state index in [0.717, 1.165) is 31.7 Å². The molecule has 0 radical (unpaired) electrons. The van der Waals surface area contributed by atoms with Gasteiger partial charge in [0.25, 0.3) is 0 Å². The summed E-state index contributed by atoms with van der Waals surface area (Å²) in [5.41, 5.74) is 0.989. The van der Waals surface area contributed by atoms with Gasteiger partial charge >= 0.3 is 0 Å². The zero-order valence-corrected chi connectivity index (χ0v) is 16.9. The summed E-state index contributed by atoms with van der Waals surface area (Å²) in [7, 11) is 0. The highest BCUT2D eigenvalue weighted by molar-refractivity contribution is 9.10. The van der Waals surface area contributed by atoms with E-state index in [9.17, 15) is 5.11 Å². The highest BCUT2D eigenvalue weighted by atomic mass is 79.9. The standard InChI is InChI=1S/C16H22BrClN2O.2ClH/c17-14-10-12(18)9-13(16(14)21)15(11-3-1-2-4-11)20-7-5-19-6-8-20;;/h9-11,15,19,21H,1-8H2;2*1H/t15-;;/m0../s1. The largest absolute Gasteiger partial charge is 0.506 e. The van der Waals surface area contributed by atoms with Gasteiger partial charge in [-0.1, -0.05) is 24.4 Å². The number of aromatic hydroxyl groups is 1. The Morgan fingerprint density at radius 3 is 2.39 bits per heavy atom. The third-order valence-corrected chi connectivity index (χ3v) is 5.59. The fourth-order valence-corrected chi connectivity index (χ4v) is 4.63. The first-order valence-corrected chi connectivity index (χ1v) is 8.96. The summed E-state index contributed by atoms with van der Waals surface area (Å²) in [6.45, 7) is 4.10. The van der Waals surface area contributed by atoms with E-state index in [4.69, 9.17) is 11.6 Å². The molecule has 1 aromatic carbocycles. The third-order valence-electron chi connectivity index (χ3n) is 4.77. The van der Waals surface area contributed by atoms with E-state index in [1.165, 1.54) is 25.7 Å². The molecule has 0 unspecified atom stereocenters. The van der Waals surface area contributed by atoms with Crippen LogP contribution in [0, 0.1) is 5.92 Å². The van der Waals surface area contributed by atoms with Crippen molar-refractivity contribution in [1.82, 2.24) is 10.2 Å². The molecule has 3 rings (SSSR count). The Morgan fingerprint density at radius 1 is 1.17 bits per heavy atom. The first kappa shape index (κ1) is 21.3. The van der Waals surface area contributed by atoms with Crippen LogP contribution >= 0.6 is 52.3 Å². The van der Waals surface area contributed by atoms with Crippen molar-refractivity contribution in [3.63, 3.8) is 0 Å². The number of nitrogens with one attached hydrogen (secondary N) is 1. The predicted octanol–water partition coefficient (Wildman–Crippen LogP) is 4.79. The van der Waals surface area contributed by atoms with E-state index in [-0.39, 0.29) is 30.9 Å². The second kappa shape index (κ2) is 9.69.